The van der Waals surface area contributed by atoms with Crippen LogP contribution in [-0.2, 0) is 25.7 Å². The summed E-state index contributed by atoms with van der Waals surface area (Å²) in [5, 5.41) is 0. The molecule has 0 aromatic heterocycles. The molecule has 1 aromatic carbocycles. The number of carbonyl (C=O) groups excluding carboxylic acids is 2. The lowest BCUT2D eigenvalue weighted by molar-refractivity contribution is -0.121. The highest BCUT2D eigenvalue weighted by Gasteiger charge is 2.23. The number of ether oxygens (including phenoxy) is 2. The molecule has 0 fully saturated rings. The molecule has 1 aliphatic carbocycles. The molecule has 1 aliphatic rings. The number of methoxy groups -OCH3 is 1. The number of rotatable bonds is 4. The van der Waals surface area contributed by atoms with Crippen LogP contribution < -0.4 is 0 Å². The maximum absolute atomic E-state index is 11.8. The second-order valence-electron chi connectivity index (χ2n) is 3.73. The maximum Gasteiger partial charge on any atom is 0.262 e. The van der Waals surface area contributed by atoms with Gasteiger partial charge >= 0.3 is 0 Å². The van der Waals surface area contributed by atoms with Gasteiger partial charge in [-0.3, -0.25) is 9.59 Å². The molecule has 0 bridgehead atoms. The van der Waals surface area contributed by atoms with Gasteiger partial charge < -0.3 is 9.47 Å². The monoisotopic (exact) mass is 244 g/mol. The quantitative estimate of drug-likeness (QED) is 0.757. The third-order valence-electron chi connectivity index (χ3n) is 2.45. The molecule has 4 heteroatoms. The van der Waals surface area contributed by atoms with Crippen molar-refractivity contribution < 1.29 is 19.1 Å². The van der Waals surface area contributed by atoms with E-state index in [1.807, 2.05) is 30.3 Å². The van der Waals surface area contributed by atoms with Crippen molar-refractivity contribution in [2.45, 2.75) is 6.61 Å². The van der Waals surface area contributed by atoms with Crippen molar-refractivity contribution >= 4 is 11.6 Å². The molecule has 0 unspecified atom stereocenters. The van der Waals surface area contributed by atoms with E-state index >= 15 is 0 Å². The van der Waals surface area contributed by atoms with Crippen molar-refractivity contribution in [1.82, 2.24) is 0 Å². The Kier molecular flexibility index (Phi) is 3.57. The van der Waals surface area contributed by atoms with Crippen molar-refractivity contribution in [3.63, 3.8) is 0 Å². The van der Waals surface area contributed by atoms with Crippen LogP contribution >= 0.6 is 0 Å². The van der Waals surface area contributed by atoms with Crippen molar-refractivity contribution in [2.24, 2.45) is 0 Å². The highest BCUT2D eigenvalue weighted by atomic mass is 16.5. The molecule has 0 saturated heterocycles. The second kappa shape index (κ2) is 5.31. The molecule has 0 amide bonds. The fourth-order valence-corrected chi connectivity index (χ4v) is 1.55. The number of hydrogen-bond donors (Lipinski definition) is 0. The summed E-state index contributed by atoms with van der Waals surface area (Å²) >= 11 is 0. The van der Waals surface area contributed by atoms with Gasteiger partial charge in [0, 0.05) is 12.2 Å². The van der Waals surface area contributed by atoms with Gasteiger partial charge in [0.1, 0.15) is 6.61 Å². The van der Waals surface area contributed by atoms with Crippen LogP contribution in [0.4, 0.5) is 0 Å². The number of carbonyl (C=O) groups is 2. The minimum Gasteiger partial charge on any atom is -0.492 e. The van der Waals surface area contributed by atoms with Crippen LogP contribution in [0.3, 0.4) is 0 Å². The van der Waals surface area contributed by atoms with E-state index in [0.717, 1.165) is 11.6 Å². The van der Waals surface area contributed by atoms with Crippen LogP contribution in [-0.4, -0.2) is 18.7 Å². The molecule has 0 aliphatic heterocycles. The van der Waals surface area contributed by atoms with Gasteiger partial charge in [0.05, 0.1) is 7.11 Å². The summed E-state index contributed by atoms with van der Waals surface area (Å²) < 4.78 is 10.2. The smallest absolute Gasteiger partial charge is 0.262 e. The topological polar surface area (TPSA) is 52.6 Å². The third-order valence-corrected chi connectivity index (χ3v) is 2.45. The molecule has 18 heavy (non-hydrogen) atoms. The van der Waals surface area contributed by atoms with Crippen LogP contribution in [0.2, 0.25) is 0 Å². The minimum absolute atomic E-state index is 0.00515. The summed E-state index contributed by atoms with van der Waals surface area (Å²) in [6.45, 7) is 0.239. The van der Waals surface area contributed by atoms with Gasteiger partial charge in [-0.25, -0.2) is 0 Å². The first-order valence-electron chi connectivity index (χ1n) is 5.43. The lowest BCUT2D eigenvalue weighted by atomic mass is 10.1. The summed E-state index contributed by atoms with van der Waals surface area (Å²) in [5.41, 5.74) is 0.923. The van der Waals surface area contributed by atoms with Gasteiger partial charge in [-0.15, -0.1) is 0 Å². The molecule has 0 N–H and O–H groups in total. The zero-order chi connectivity index (χ0) is 13.0. The Morgan fingerprint density at radius 3 is 2.33 bits per heavy atom. The van der Waals surface area contributed by atoms with Crippen LogP contribution in [0.1, 0.15) is 5.56 Å². The number of hydrogen-bond acceptors (Lipinski definition) is 4. The summed E-state index contributed by atoms with van der Waals surface area (Å²) in [6, 6.07) is 9.40. The Bertz CT molecular complexity index is 526. The van der Waals surface area contributed by atoms with E-state index in [9.17, 15) is 9.59 Å². The fraction of sp³-hybridized carbons (Fsp3) is 0.143. The Morgan fingerprint density at radius 2 is 1.67 bits per heavy atom. The summed E-state index contributed by atoms with van der Waals surface area (Å²) in [7, 11) is 1.34. The van der Waals surface area contributed by atoms with E-state index in [1.165, 1.54) is 13.2 Å². The van der Waals surface area contributed by atoms with Gasteiger partial charge in [0.25, 0.3) is 5.78 Å². The van der Waals surface area contributed by atoms with Gasteiger partial charge in [-0.1, -0.05) is 30.3 Å². The molecular weight excluding hydrogens is 232 g/mol. The van der Waals surface area contributed by atoms with Crippen LogP contribution in [0.5, 0.6) is 0 Å². The normalized spacial score (nSPS) is 14.9. The zero-order valence-electron chi connectivity index (χ0n) is 9.88. The molecule has 0 atom stereocenters. The van der Waals surface area contributed by atoms with E-state index < -0.39 is 5.78 Å². The third kappa shape index (κ3) is 2.66. The minimum atomic E-state index is -0.409. The van der Waals surface area contributed by atoms with E-state index in [-0.39, 0.29) is 23.9 Å². The summed E-state index contributed by atoms with van der Waals surface area (Å²) in [5.74, 6) is -0.698. The van der Waals surface area contributed by atoms with Crippen molar-refractivity contribution in [3.05, 3.63) is 59.6 Å². The Morgan fingerprint density at radius 1 is 1.00 bits per heavy atom. The summed E-state index contributed by atoms with van der Waals surface area (Å²) in [6.07, 6.45) is 2.32. The van der Waals surface area contributed by atoms with Crippen LogP contribution in [0, 0.1) is 0 Å². The van der Waals surface area contributed by atoms with E-state index in [0.29, 0.717) is 0 Å². The van der Waals surface area contributed by atoms with Gasteiger partial charge in [-0.2, -0.15) is 0 Å². The molecule has 0 heterocycles. The molecule has 92 valence electrons. The van der Waals surface area contributed by atoms with E-state index in [2.05, 4.69) is 0 Å². The largest absolute Gasteiger partial charge is 0.492 e. The first-order chi connectivity index (χ1) is 8.70. The maximum atomic E-state index is 11.8. The molecular formula is C14H12O4. The molecule has 0 saturated carbocycles. The second-order valence-corrected chi connectivity index (χ2v) is 3.73. The molecule has 0 radical (unpaired) electrons. The average molecular weight is 244 g/mol. The standard InChI is InChI=1S/C14H12O4/c1-17-12-7-11(15)8-13(14(12)16)18-9-10-5-3-2-4-6-10/h2-8H,9H2,1H3. The number of benzene rings is 1. The lowest BCUT2D eigenvalue weighted by Crippen LogP contribution is -2.17. The first kappa shape index (κ1) is 12.1. The van der Waals surface area contributed by atoms with Gasteiger partial charge in [0.15, 0.2) is 17.3 Å². The fourth-order valence-electron chi connectivity index (χ4n) is 1.55. The van der Waals surface area contributed by atoms with Gasteiger partial charge in [0.2, 0.25) is 0 Å². The number of Topliss-reactive ketones (excluding diaryl/α,β-unsaturated/α-hetero) is 1. The van der Waals surface area contributed by atoms with E-state index in [4.69, 9.17) is 9.47 Å². The first-order valence-corrected chi connectivity index (χ1v) is 5.43. The Balaban J connectivity index is 2.06. The van der Waals surface area contributed by atoms with Crippen molar-refractivity contribution in [1.29, 1.82) is 0 Å². The Labute approximate surface area is 105 Å². The lowest BCUT2D eigenvalue weighted by Gasteiger charge is -2.13. The van der Waals surface area contributed by atoms with Crippen molar-refractivity contribution in [2.75, 3.05) is 7.11 Å². The Hall–Kier alpha value is -2.36. The molecule has 4 nitrogen and oxygen atoms in total. The zero-order valence-corrected chi connectivity index (χ0v) is 9.88. The highest BCUT2D eigenvalue weighted by molar-refractivity contribution is 6.18. The predicted molar refractivity (Wildman–Crippen MR) is 64.4 cm³/mol. The van der Waals surface area contributed by atoms with Crippen LogP contribution in [0.25, 0.3) is 0 Å². The molecule has 2 rings (SSSR count). The SMILES string of the molecule is COC1=CC(=O)C=C(OCc2ccccc2)C1=O. The van der Waals surface area contributed by atoms with Crippen molar-refractivity contribution in [3.8, 4) is 0 Å². The van der Waals surface area contributed by atoms with E-state index in [1.54, 1.807) is 0 Å². The highest BCUT2D eigenvalue weighted by Crippen LogP contribution is 2.16. The predicted octanol–water partition coefficient (Wildman–Crippen LogP) is 1.77. The molecule has 0 spiro atoms. The average Bonchev–Trinajstić information content (AvgIpc) is 2.40. The van der Waals surface area contributed by atoms with Crippen LogP contribution in [0.15, 0.2) is 54.0 Å². The summed E-state index contributed by atoms with van der Waals surface area (Å²) in [4.78, 5) is 23.1. The molecule has 1 aromatic rings. The van der Waals surface area contributed by atoms with Gasteiger partial charge in [-0.05, 0) is 5.56 Å². The number of allylic oxidation sites excluding steroid dienone is 2. The number of ketones is 2.